The second kappa shape index (κ2) is 12.0. The van der Waals surface area contributed by atoms with E-state index in [1.807, 2.05) is 54.6 Å². The van der Waals surface area contributed by atoms with Crippen LogP contribution in [0.25, 0.3) is 0 Å². The Morgan fingerprint density at radius 2 is 1.70 bits per heavy atom. The van der Waals surface area contributed by atoms with Crippen molar-refractivity contribution in [2.75, 3.05) is 40.0 Å². The zero-order valence-corrected chi connectivity index (χ0v) is 22.7. The molecule has 0 radical (unpaired) electrons. The van der Waals surface area contributed by atoms with Crippen LogP contribution in [0.2, 0.25) is 0 Å². The van der Waals surface area contributed by atoms with Gasteiger partial charge < -0.3 is 14.2 Å². The number of amides is 1. The molecular weight excluding hydrogens is 534 g/mol. The van der Waals surface area contributed by atoms with Gasteiger partial charge in [0.1, 0.15) is 5.75 Å². The Labute approximate surface area is 232 Å². The Morgan fingerprint density at radius 1 is 0.975 bits per heavy atom. The van der Waals surface area contributed by atoms with E-state index in [2.05, 4.69) is 5.10 Å². The van der Waals surface area contributed by atoms with Gasteiger partial charge >= 0.3 is 5.97 Å². The average Bonchev–Trinajstić information content (AvgIpc) is 3.46. The molecule has 10 nitrogen and oxygen atoms in total. The second-order valence-electron chi connectivity index (χ2n) is 9.26. The minimum Gasteiger partial charge on any atom is -0.497 e. The molecule has 1 atom stereocenters. The molecule has 0 saturated carbocycles. The molecule has 3 aromatic rings. The zero-order chi connectivity index (χ0) is 28.1. The molecule has 0 aliphatic carbocycles. The highest BCUT2D eigenvalue weighted by Crippen LogP contribution is 2.33. The summed E-state index contributed by atoms with van der Waals surface area (Å²) in [6, 6.07) is 22.2. The Morgan fingerprint density at radius 3 is 2.40 bits per heavy atom. The molecule has 2 aliphatic rings. The lowest BCUT2D eigenvalue weighted by Crippen LogP contribution is -2.40. The molecule has 0 bridgehead atoms. The van der Waals surface area contributed by atoms with Crippen molar-refractivity contribution in [3.05, 3.63) is 95.6 Å². The molecule has 0 N–H and O–H groups in total. The first-order valence-electron chi connectivity index (χ1n) is 12.8. The summed E-state index contributed by atoms with van der Waals surface area (Å²) in [7, 11) is -2.21. The van der Waals surface area contributed by atoms with E-state index in [9.17, 15) is 18.0 Å². The summed E-state index contributed by atoms with van der Waals surface area (Å²) in [5, 5.41) is 5.93. The number of ether oxygens (including phenoxy) is 3. The Bertz CT molecular complexity index is 1500. The van der Waals surface area contributed by atoms with Crippen molar-refractivity contribution in [3.8, 4) is 5.75 Å². The molecule has 208 valence electrons. The third-order valence-corrected chi connectivity index (χ3v) is 8.67. The number of morpholine rings is 1. The maximum absolute atomic E-state index is 13.3. The van der Waals surface area contributed by atoms with Gasteiger partial charge in [-0.05, 0) is 41.5 Å². The molecule has 11 heteroatoms. The lowest BCUT2D eigenvalue weighted by atomic mass is 9.98. The molecule has 1 fully saturated rings. The van der Waals surface area contributed by atoms with Gasteiger partial charge in [0.25, 0.3) is 5.91 Å². The summed E-state index contributed by atoms with van der Waals surface area (Å²) in [5.41, 5.74) is 2.52. The van der Waals surface area contributed by atoms with Gasteiger partial charge in [-0.2, -0.15) is 9.41 Å². The Hall–Kier alpha value is -4.06. The normalized spacial score (nSPS) is 17.8. The lowest BCUT2D eigenvalue weighted by molar-refractivity contribution is -0.136. The van der Waals surface area contributed by atoms with Crippen LogP contribution < -0.4 is 4.74 Å². The van der Waals surface area contributed by atoms with Crippen LogP contribution in [-0.2, 0) is 24.3 Å². The number of hydrogen-bond donors (Lipinski definition) is 0. The number of sulfonamides is 1. The number of hydrazone groups is 1. The van der Waals surface area contributed by atoms with Gasteiger partial charge in [-0.15, -0.1) is 0 Å². The van der Waals surface area contributed by atoms with Crippen LogP contribution in [0.15, 0.2) is 88.9 Å². The van der Waals surface area contributed by atoms with Gasteiger partial charge in [-0.3, -0.25) is 4.79 Å². The maximum Gasteiger partial charge on any atom is 0.338 e. The SMILES string of the molecule is COc1ccc([C@@H]2CC(c3ccccc3)=NN2C(=O)COC(=O)c2cccc(S(=O)(=O)N3CCOCC3)c2)cc1. The minimum atomic E-state index is -3.79. The minimum absolute atomic E-state index is 0.0219. The molecule has 40 heavy (non-hydrogen) atoms. The largest absolute Gasteiger partial charge is 0.497 e. The van der Waals surface area contributed by atoms with Gasteiger partial charge in [0.2, 0.25) is 10.0 Å². The van der Waals surface area contributed by atoms with Crippen molar-refractivity contribution >= 4 is 27.6 Å². The van der Waals surface area contributed by atoms with Gasteiger partial charge in [0.15, 0.2) is 6.61 Å². The first-order chi connectivity index (χ1) is 19.4. The summed E-state index contributed by atoms with van der Waals surface area (Å²) in [4.78, 5) is 26.1. The highest BCUT2D eigenvalue weighted by atomic mass is 32.2. The number of benzene rings is 3. The third kappa shape index (κ3) is 5.91. The van der Waals surface area contributed by atoms with Crippen molar-refractivity contribution in [1.82, 2.24) is 9.31 Å². The standard InChI is InChI=1S/C29H29N3O7S/c1-37-24-12-10-22(11-13-24)27-19-26(21-6-3-2-4-7-21)30-32(27)28(33)20-39-29(34)23-8-5-9-25(18-23)40(35,36)31-14-16-38-17-15-31/h2-13,18,27H,14-17,19-20H2,1H3/t27-/m0/s1. The van der Waals surface area contributed by atoms with Crippen molar-refractivity contribution < 1.29 is 32.2 Å². The van der Waals surface area contributed by atoms with Crippen LogP contribution in [-0.4, -0.2) is 75.3 Å². The number of nitrogens with zero attached hydrogens (tertiary/aromatic N) is 3. The molecule has 0 spiro atoms. The molecular formula is C29H29N3O7S. The number of carbonyl (C=O) groups is 2. The molecule has 1 saturated heterocycles. The van der Waals surface area contributed by atoms with E-state index in [4.69, 9.17) is 14.2 Å². The van der Waals surface area contributed by atoms with Crippen LogP contribution in [0.5, 0.6) is 5.75 Å². The van der Waals surface area contributed by atoms with Crippen molar-refractivity contribution in [3.63, 3.8) is 0 Å². The first-order valence-corrected chi connectivity index (χ1v) is 14.2. The van der Waals surface area contributed by atoms with Crippen LogP contribution in [0.3, 0.4) is 0 Å². The van der Waals surface area contributed by atoms with E-state index >= 15 is 0 Å². The van der Waals surface area contributed by atoms with E-state index in [1.165, 1.54) is 33.6 Å². The fourth-order valence-electron chi connectivity index (χ4n) is 4.63. The van der Waals surface area contributed by atoms with Gasteiger partial charge in [-0.25, -0.2) is 18.2 Å². The van der Waals surface area contributed by atoms with Crippen molar-refractivity contribution in [2.45, 2.75) is 17.4 Å². The van der Waals surface area contributed by atoms with Crippen LogP contribution >= 0.6 is 0 Å². The molecule has 2 heterocycles. The molecule has 2 aliphatic heterocycles. The number of esters is 1. The summed E-state index contributed by atoms with van der Waals surface area (Å²) in [5.74, 6) is -0.618. The highest BCUT2D eigenvalue weighted by Gasteiger charge is 2.34. The van der Waals surface area contributed by atoms with Crippen LogP contribution in [0, 0.1) is 0 Å². The van der Waals surface area contributed by atoms with Gasteiger partial charge in [0.05, 0.1) is 42.5 Å². The molecule has 0 unspecified atom stereocenters. The number of hydrogen-bond acceptors (Lipinski definition) is 8. The average molecular weight is 564 g/mol. The monoisotopic (exact) mass is 563 g/mol. The fourth-order valence-corrected chi connectivity index (χ4v) is 6.08. The predicted octanol–water partition coefficient (Wildman–Crippen LogP) is 3.25. The Balaban J connectivity index is 1.31. The van der Waals surface area contributed by atoms with E-state index < -0.39 is 34.5 Å². The summed E-state index contributed by atoms with van der Waals surface area (Å²) < 4.78 is 43.1. The van der Waals surface area contributed by atoms with Crippen molar-refractivity contribution in [2.24, 2.45) is 5.10 Å². The molecule has 5 rings (SSSR count). The van der Waals surface area contributed by atoms with E-state index in [0.717, 1.165) is 16.8 Å². The fraction of sp³-hybridized carbons (Fsp3) is 0.276. The number of methoxy groups -OCH3 is 1. The number of carbonyl (C=O) groups excluding carboxylic acids is 2. The van der Waals surface area contributed by atoms with E-state index in [-0.39, 0.29) is 23.5 Å². The summed E-state index contributed by atoms with van der Waals surface area (Å²) >= 11 is 0. The number of rotatable bonds is 8. The predicted molar refractivity (Wildman–Crippen MR) is 146 cm³/mol. The van der Waals surface area contributed by atoms with Gasteiger partial charge in [-0.1, -0.05) is 48.5 Å². The van der Waals surface area contributed by atoms with E-state index in [0.29, 0.717) is 25.4 Å². The van der Waals surface area contributed by atoms with Gasteiger partial charge in [0, 0.05) is 19.5 Å². The van der Waals surface area contributed by atoms with Crippen LogP contribution in [0.1, 0.15) is 33.9 Å². The topological polar surface area (TPSA) is 115 Å². The zero-order valence-electron chi connectivity index (χ0n) is 21.9. The quantitative estimate of drug-likeness (QED) is 0.387. The van der Waals surface area contributed by atoms with Crippen molar-refractivity contribution in [1.29, 1.82) is 0 Å². The smallest absolute Gasteiger partial charge is 0.338 e. The first kappa shape index (κ1) is 27.5. The molecule has 0 aromatic heterocycles. The van der Waals surface area contributed by atoms with E-state index in [1.54, 1.807) is 7.11 Å². The molecule has 1 amide bonds. The summed E-state index contributed by atoms with van der Waals surface area (Å²) in [6.07, 6.45) is 0.484. The summed E-state index contributed by atoms with van der Waals surface area (Å²) in [6.45, 7) is 0.541. The highest BCUT2D eigenvalue weighted by molar-refractivity contribution is 7.89. The van der Waals surface area contributed by atoms with Crippen LogP contribution in [0.4, 0.5) is 0 Å². The second-order valence-corrected chi connectivity index (χ2v) is 11.2. The molecule has 3 aromatic carbocycles. The Kier molecular flexibility index (Phi) is 8.24. The lowest BCUT2D eigenvalue weighted by Gasteiger charge is -2.26. The maximum atomic E-state index is 13.3. The third-order valence-electron chi connectivity index (χ3n) is 6.78.